The van der Waals surface area contributed by atoms with Crippen molar-refractivity contribution < 1.29 is 18.7 Å². The van der Waals surface area contributed by atoms with Crippen molar-refractivity contribution in [2.75, 3.05) is 0 Å². The van der Waals surface area contributed by atoms with Crippen molar-refractivity contribution in [1.82, 2.24) is 0 Å². The molecule has 3 aromatic rings. The highest BCUT2D eigenvalue weighted by Crippen LogP contribution is 2.33. The Hall–Kier alpha value is -3.40. The van der Waals surface area contributed by atoms with Gasteiger partial charge in [0.1, 0.15) is 6.61 Å². The second-order valence-corrected chi connectivity index (χ2v) is 5.94. The molecule has 0 bridgehead atoms. The smallest absolute Gasteiger partial charge is 0.308 e. The van der Waals surface area contributed by atoms with E-state index in [1.807, 2.05) is 66.7 Å². The normalized spacial score (nSPS) is 10.7. The summed E-state index contributed by atoms with van der Waals surface area (Å²) >= 11 is 0. The van der Waals surface area contributed by atoms with E-state index >= 15 is 0 Å². The minimum absolute atomic E-state index is 0.182. The van der Waals surface area contributed by atoms with Gasteiger partial charge in [-0.25, -0.2) is 4.39 Å². The van der Waals surface area contributed by atoms with Crippen molar-refractivity contribution in [1.29, 1.82) is 0 Å². The molecule has 0 heterocycles. The van der Waals surface area contributed by atoms with Crippen LogP contribution in [0.4, 0.5) is 4.39 Å². The second kappa shape index (κ2) is 8.81. The predicted octanol–water partition coefficient (Wildman–Crippen LogP) is 5.50. The van der Waals surface area contributed by atoms with E-state index in [9.17, 15) is 9.18 Å². The number of carbonyl (C=O) groups excluding carboxylic acids is 1. The molecule has 0 saturated heterocycles. The van der Waals surface area contributed by atoms with Crippen molar-refractivity contribution in [2.45, 2.75) is 13.5 Å². The zero-order valence-corrected chi connectivity index (χ0v) is 14.9. The van der Waals surface area contributed by atoms with E-state index in [2.05, 4.69) is 0 Å². The molecule has 0 aliphatic rings. The average Bonchev–Trinajstić information content (AvgIpc) is 2.68. The minimum Gasteiger partial charge on any atom is -0.485 e. The maximum absolute atomic E-state index is 14.5. The molecule has 0 fully saturated rings. The molecule has 3 nitrogen and oxygen atoms in total. The van der Waals surface area contributed by atoms with Crippen molar-refractivity contribution in [3.63, 3.8) is 0 Å². The fourth-order valence-electron chi connectivity index (χ4n) is 2.53. The lowest BCUT2D eigenvalue weighted by atomic mass is 10.1. The van der Waals surface area contributed by atoms with Gasteiger partial charge in [-0.1, -0.05) is 72.8 Å². The average molecular weight is 362 g/mol. The van der Waals surface area contributed by atoms with Gasteiger partial charge in [-0.15, -0.1) is 0 Å². The van der Waals surface area contributed by atoms with E-state index in [1.165, 1.54) is 13.0 Å². The molecule has 0 amide bonds. The van der Waals surface area contributed by atoms with E-state index in [0.717, 1.165) is 11.1 Å². The fourth-order valence-corrected chi connectivity index (χ4v) is 2.53. The van der Waals surface area contributed by atoms with Gasteiger partial charge in [-0.3, -0.25) is 4.79 Å². The first kappa shape index (κ1) is 18.4. The molecule has 0 aliphatic heterocycles. The summed E-state index contributed by atoms with van der Waals surface area (Å²) in [6, 6.07) is 22.2. The fraction of sp³-hybridized carbons (Fsp3) is 0.0870. The van der Waals surface area contributed by atoms with Crippen LogP contribution >= 0.6 is 0 Å². The molecule has 0 atom stereocenters. The molecule has 4 heteroatoms. The first-order valence-corrected chi connectivity index (χ1v) is 8.53. The number of ether oxygens (including phenoxy) is 2. The van der Waals surface area contributed by atoms with Gasteiger partial charge >= 0.3 is 5.97 Å². The molecule has 3 aromatic carbocycles. The summed E-state index contributed by atoms with van der Waals surface area (Å²) in [5.74, 6) is -1.27. The Labute approximate surface area is 157 Å². The van der Waals surface area contributed by atoms with E-state index < -0.39 is 11.8 Å². The molecule has 0 spiro atoms. The lowest BCUT2D eigenvalue weighted by molar-refractivity contribution is -0.132. The molecule has 0 aliphatic carbocycles. The summed E-state index contributed by atoms with van der Waals surface area (Å²) in [6.45, 7) is 1.46. The van der Waals surface area contributed by atoms with Crippen LogP contribution in [0.1, 0.15) is 23.6 Å². The summed E-state index contributed by atoms with van der Waals surface area (Å²) in [6.07, 6.45) is 3.66. The maximum atomic E-state index is 14.5. The van der Waals surface area contributed by atoms with Crippen LogP contribution in [-0.2, 0) is 11.4 Å². The Morgan fingerprint density at radius 3 is 2.22 bits per heavy atom. The standard InChI is InChI=1S/C23H19FO3/c1-17(25)27-23-21(24)14-20(13-12-18-8-4-2-5-9-18)15-22(23)26-16-19-10-6-3-7-11-19/h2-15H,16H2,1H3/b13-12+. The van der Waals surface area contributed by atoms with Crippen LogP contribution < -0.4 is 9.47 Å². The molecular formula is C23H19FO3. The second-order valence-electron chi connectivity index (χ2n) is 5.94. The van der Waals surface area contributed by atoms with Gasteiger partial charge in [0, 0.05) is 6.92 Å². The van der Waals surface area contributed by atoms with Gasteiger partial charge in [0.2, 0.25) is 5.75 Å². The molecule has 0 aromatic heterocycles. The number of hydrogen-bond acceptors (Lipinski definition) is 3. The third-order valence-corrected chi connectivity index (χ3v) is 3.78. The Kier molecular flexibility index (Phi) is 6.00. The van der Waals surface area contributed by atoms with Gasteiger partial charge in [-0.2, -0.15) is 0 Å². The zero-order valence-electron chi connectivity index (χ0n) is 14.9. The predicted molar refractivity (Wildman–Crippen MR) is 104 cm³/mol. The molecule has 0 radical (unpaired) electrons. The van der Waals surface area contributed by atoms with Gasteiger partial charge in [0.15, 0.2) is 11.6 Å². The largest absolute Gasteiger partial charge is 0.485 e. The van der Waals surface area contributed by atoms with E-state index in [0.29, 0.717) is 5.56 Å². The zero-order chi connectivity index (χ0) is 19.1. The molecular weight excluding hydrogens is 343 g/mol. The van der Waals surface area contributed by atoms with Crippen molar-refractivity contribution in [3.8, 4) is 11.5 Å². The Morgan fingerprint density at radius 1 is 0.926 bits per heavy atom. The monoisotopic (exact) mass is 362 g/mol. The van der Waals surface area contributed by atoms with E-state index in [4.69, 9.17) is 9.47 Å². The maximum Gasteiger partial charge on any atom is 0.308 e. The molecule has 0 saturated carbocycles. The highest BCUT2D eigenvalue weighted by atomic mass is 19.1. The molecule has 136 valence electrons. The Balaban J connectivity index is 1.88. The van der Waals surface area contributed by atoms with E-state index in [1.54, 1.807) is 12.1 Å². The minimum atomic E-state index is -0.650. The molecule has 0 N–H and O–H groups in total. The van der Waals surface area contributed by atoms with Crippen LogP contribution in [0, 0.1) is 5.82 Å². The van der Waals surface area contributed by atoms with Gasteiger partial charge in [0.25, 0.3) is 0 Å². The lowest BCUT2D eigenvalue weighted by Crippen LogP contribution is -2.06. The Bertz CT molecular complexity index is 935. The van der Waals surface area contributed by atoms with Gasteiger partial charge in [0.05, 0.1) is 0 Å². The number of hydrogen-bond donors (Lipinski definition) is 0. The first-order valence-electron chi connectivity index (χ1n) is 8.53. The van der Waals surface area contributed by atoms with Crippen LogP contribution in [0.5, 0.6) is 11.5 Å². The molecule has 27 heavy (non-hydrogen) atoms. The molecule has 3 rings (SSSR count). The van der Waals surface area contributed by atoms with Crippen molar-refractivity contribution in [3.05, 3.63) is 95.3 Å². The van der Waals surface area contributed by atoms with Crippen LogP contribution in [0.15, 0.2) is 72.8 Å². The number of halogens is 1. The number of esters is 1. The summed E-state index contributed by atoms with van der Waals surface area (Å²) in [7, 11) is 0. The van der Waals surface area contributed by atoms with E-state index in [-0.39, 0.29) is 18.1 Å². The molecule has 0 unspecified atom stereocenters. The van der Waals surface area contributed by atoms with Crippen LogP contribution in [0.3, 0.4) is 0 Å². The third-order valence-electron chi connectivity index (χ3n) is 3.78. The first-order chi connectivity index (χ1) is 13.1. The highest BCUT2D eigenvalue weighted by molar-refractivity contribution is 5.73. The summed E-state index contributed by atoms with van der Waals surface area (Å²) in [5, 5.41) is 0. The summed E-state index contributed by atoms with van der Waals surface area (Å²) in [4.78, 5) is 11.3. The lowest BCUT2D eigenvalue weighted by Gasteiger charge is -2.13. The number of carbonyl (C=O) groups is 1. The van der Waals surface area contributed by atoms with Crippen LogP contribution in [0.2, 0.25) is 0 Å². The Morgan fingerprint density at radius 2 is 1.56 bits per heavy atom. The number of rotatable bonds is 6. The van der Waals surface area contributed by atoms with Gasteiger partial charge < -0.3 is 9.47 Å². The number of benzene rings is 3. The van der Waals surface area contributed by atoms with Crippen molar-refractivity contribution >= 4 is 18.1 Å². The van der Waals surface area contributed by atoms with Gasteiger partial charge in [-0.05, 0) is 28.8 Å². The SMILES string of the molecule is CC(=O)Oc1c(F)cc(/C=C/c2ccccc2)cc1OCc1ccccc1. The highest BCUT2D eigenvalue weighted by Gasteiger charge is 2.15. The van der Waals surface area contributed by atoms with Crippen LogP contribution in [-0.4, -0.2) is 5.97 Å². The van der Waals surface area contributed by atoms with Crippen LogP contribution in [0.25, 0.3) is 12.2 Å². The summed E-state index contributed by atoms with van der Waals surface area (Å²) < 4.78 is 25.3. The quantitative estimate of drug-likeness (QED) is 0.330. The summed E-state index contributed by atoms with van der Waals surface area (Å²) in [5.41, 5.74) is 2.53. The van der Waals surface area contributed by atoms with Crippen molar-refractivity contribution in [2.24, 2.45) is 0 Å². The topological polar surface area (TPSA) is 35.5 Å². The third kappa shape index (κ3) is 5.28.